The Morgan fingerprint density at radius 3 is 2.29 bits per heavy atom. The van der Waals surface area contributed by atoms with Crippen molar-refractivity contribution in [2.24, 2.45) is 17.8 Å². The molecule has 0 heterocycles. The van der Waals surface area contributed by atoms with Crippen LogP contribution in [-0.2, 0) is 9.53 Å². The molecular weight excluding hydrogens is 348 g/mol. The molecule has 3 unspecified atom stereocenters. The summed E-state index contributed by atoms with van der Waals surface area (Å²) in [6.45, 7) is 16.6. The molecule has 0 aliphatic heterocycles. The van der Waals surface area contributed by atoms with Crippen LogP contribution < -0.4 is 0 Å². The molecule has 28 heavy (non-hydrogen) atoms. The van der Waals surface area contributed by atoms with Crippen molar-refractivity contribution in [1.29, 1.82) is 0 Å². The summed E-state index contributed by atoms with van der Waals surface area (Å²) in [5, 5.41) is 9.53. The Kier molecular flexibility index (Phi) is 14.8. The molecule has 0 aromatic rings. The average Bonchev–Trinajstić information content (AvgIpc) is 2.69. The normalized spacial score (nSPS) is 16.7. The first-order valence-electron chi connectivity index (χ1n) is 11.1. The highest BCUT2D eigenvalue weighted by Crippen LogP contribution is 2.30. The van der Waals surface area contributed by atoms with E-state index in [2.05, 4.69) is 53.3 Å². The summed E-state index contributed by atoms with van der Waals surface area (Å²) in [5.74, 6) is 0.765. The van der Waals surface area contributed by atoms with E-state index in [4.69, 9.17) is 4.74 Å². The van der Waals surface area contributed by atoms with Crippen LogP contribution in [0.15, 0.2) is 35.5 Å². The fraction of sp³-hybridized carbons (Fsp3) is 0.720. The molecule has 3 atom stereocenters. The summed E-state index contributed by atoms with van der Waals surface area (Å²) in [5.41, 5.74) is 3.53. The van der Waals surface area contributed by atoms with Gasteiger partial charge in [-0.1, -0.05) is 77.3 Å². The minimum atomic E-state index is -0.372. The molecule has 3 heteroatoms. The summed E-state index contributed by atoms with van der Waals surface area (Å²) in [4.78, 5) is 11.5. The van der Waals surface area contributed by atoms with Crippen molar-refractivity contribution >= 4 is 5.97 Å². The van der Waals surface area contributed by atoms with Gasteiger partial charge in [0.25, 0.3) is 0 Å². The van der Waals surface area contributed by atoms with Gasteiger partial charge in [-0.05, 0) is 50.9 Å². The lowest BCUT2D eigenvalue weighted by Crippen LogP contribution is -2.20. The quantitative estimate of drug-likeness (QED) is 0.317. The van der Waals surface area contributed by atoms with E-state index in [9.17, 15) is 9.90 Å². The van der Waals surface area contributed by atoms with Gasteiger partial charge in [-0.15, -0.1) is 0 Å². The highest BCUT2D eigenvalue weighted by Gasteiger charge is 2.18. The van der Waals surface area contributed by atoms with Crippen LogP contribution in [-0.4, -0.2) is 24.3 Å². The number of carbonyl (C=O) groups is 1. The zero-order valence-electron chi connectivity index (χ0n) is 19.2. The number of rotatable bonds is 11. The molecular formula is C25H44O3. The van der Waals surface area contributed by atoms with E-state index in [1.54, 1.807) is 18.1 Å². The van der Waals surface area contributed by atoms with E-state index >= 15 is 0 Å². The monoisotopic (exact) mass is 392 g/mol. The zero-order chi connectivity index (χ0) is 21.5. The maximum absolute atomic E-state index is 11.5. The number of aliphatic hydroxyl groups excluding tert-OH is 1. The number of hydrogen-bond donors (Lipinski definition) is 1. The van der Waals surface area contributed by atoms with Crippen molar-refractivity contribution in [2.75, 3.05) is 13.2 Å². The van der Waals surface area contributed by atoms with Crippen molar-refractivity contribution in [1.82, 2.24) is 0 Å². The lowest BCUT2D eigenvalue weighted by molar-refractivity contribution is -0.140. The van der Waals surface area contributed by atoms with E-state index in [1.165, 1.54) is 25.7 Å². The van der Waals surface area contributed by atoms with E-state index in [-0.39, 0.29) is 25.1 Å². The summed E-state index contributed by atoms with van der Waals surface area (Å²) < 4.78 is 5.18. The van der Waals surface area contributed by atoms with Crippen LogP contribution in [0.4, 0.5) is 0 Å². The SMILES string of the molecule is C=C(C)C(=O)OCC(CO)CC(C)CCC(C)C1=CC=C(CC)CC1.CCC. The molecule has 3 nitrogen and oxygen atoms in total. The van der Waals surface area contributed by atoms with Gasteiger partial charge in [0.15, 0.2) is 0 Å². The number of aliphatic hydroxyl groups is 1. The first-order chi connectivity index (χ1) is 13.3. The van der Waals surface area contributed by atoms with Gasteiger partial charge < -0.3 is 9.84 Å². The highest BCUT2D eigenvalue weighted by atomic mass is 16.5. The molecule has 1 aliphatic rings. The van der Waals surface area contributed by atoms with Gasteiger partial charge in [0.1, 0.15) is 0 Å². The Morgan fingerprint density at radius 1 is 1.18 bits per heavy atom. The van der Waals surface area contributed by atoms with Crippen molar-refractivity contribution in [2.45, 2.75) is 86.5 Å². The number of allylic oxidation sites excluding steroid dienone is 4. The van der Waals surface area contributed by atoms with Gasteiger partial charge in [0.05, 0.1) is 6.61 Å². The standard InChI is InChI=1S/C22H36O3.C3H8/c1-6-19-9-11-21(12-10-19)18(5)8-7-17(4)13-20(14-23)15-25-22(24)16(2)3;1-3-2/h9,11,17-18,20,23H,2,6-8,10,12-15H2,1,3-5H3;3H2,1-2H3. The third-order valence-electron chi connectivity index (χ3n) is 5.24. The van der Waals surface area contributed by atoms with Crippen molar-refractivity contribution in [3.8, 4) is 0 Å². The van der Waals surface area contributed by atoms with Crippen molar-refractivity contribution in [3.05, 3.63) is 35.5 Å². The summed E-state index contributed by atoms with van der Waals surface area (Å²) in [7, 11) is 0. The number of esters is 1. The van der Waals surface area contributed by atoms with E-state index in [1.807, 2.05) is 0 Å². The summed E-state index contributed by atoms with van der Waals surface area (Å²) in [6, 6.07) is 0. The number of hydrogen-bond acceptors (Lipinski definition) is 3. The predicted molar refractivity (Wildman–Crippen MR) is 120 cm³/mol. The first-order valence-corrected chi connectivity index (χ1v) is 11.1. The molecule has 0 bridgehead atoms. The van der Waals surface area contributed by atoms with Crippen LogP contribution in [0.25, 0.3) is 0 Å². The molecule has 0 aromatic carbocycles. The smallest absolute Gasteiger partial charge is 0.333 e. The topological polar surface area (TPSA) is 46.5 Å². The van der Waals surface area contributed by atoms with Crippen LogP contribution in [0.1, 0.15) is 86.5 Å². The Morgan fingerprint density at radius 2 is 1.82 bits per heavy atom. The maximum atomic E-state index is 11.5. The third kappa shape index (κ3) is 11.5. The summed E-state index contributed by atoms with van der Waals surface area (Å²) >= 11 is 0. The molecule has 1 rings (SSSR count). The molecule has 0 aromatic heterocycles. The van der Waals surface area contributed by atoms with E-state index in [0.29, 0.717) is 17.4 Å². The molecule has 0 spiro atoms. The van der Waals surface area contributed by atoms with Gasteiger partial charge in [-0.3, -0.25) is 0 Å². The number of ether oxygens (including phenoxy) is 1. The van der Waals surface area contributed by atoms with Gasteiger partial charge in [0.2, 0.25) is 0 Å². The van der Waals surface area contributed by atoms with Gasteiger partial charge in [-0.25, -0.2) is 4.79 Å². The van der Waals surface area contributed by atoms with Crippen LogP contribution in [0, 0.1) is 17.8 Å². The van der Waals surface area contributed by atoms with Crippen LogP contribution in [0.5, 0.6) is 0 Å². The van der Waals surface area contributed by atoms with Crippen LogP contribution in [0.3, 0.4) is 0 Å². The molecule has 1 aliphatic carbocycles. The molecule has 0 saturated carbocycles. The lowest BCUT2D eigenvalue weighted by Gasteiger charge is -2.23. The molecule has 0 fully saturated rings. The molecule has 0 saturated heterocycles. The Bertz CT molecular complexity index is 516. The molecule has 162 valence electrons. The Hall–Kier alpha value is -1.35. The van der Waals surface area contributed by atoms with E-state index < -0.39 is 0 Å². The highest BCUT2D eigenvalue weighted by molar-refractivity contribution is 5.86. The second kappa shape index (κ2) is 15.6. The Balaban J connectivity index is 0.00000227. The minimum Gasteiger partial charge on any atom is -0.462 e. The third-order valence-corrected chi connectivity index (χ3v) is 5.24. The second-order valence-corrected chi connectivity index (χ2v) is 8.37. The summed E-state index contributed by atoms with van der Waals surface area (Å²) in [6.07, 6.45) is 12.6. The molecule has 0 radical (unpaired) electrons. The van der Waals surface area contributed by atoms with Crippen LogP contribution >= 0.6 is 0 Å². The fourth-order valence-electron chi connectivity index (χ4n) is 3.32. The molecule has 0 amide bonds. The zero-order valence-corrected chi connectivity index (χ0v) is 19.2. The van der Waals surface area contributed by atoms with E-state index in [0.717, 1.165) is 19.3 Å². The van der Waals surface area contributed by atoms with Crippen molar-refractivity contribution < 1.29 is 14.6 Å². The first kappa shape index (κ1) is 26.6. The minimum absolute atomic E-state index is 0.0116. The lowest BCUT2D eigenvalue weighted by atomic mass is 9.84. The Labute approximate surface area is 173 Å². The van der Waals surface area contributed by atoms with Gasteiger partial charge in [-0.2, -0.15) is 0 Å². The van der Waals surface area contributed by atoms with Crippen molar-refractivity contribution in [3.63, 3.8) is 0 Å². The average molecular weight is 393 g/mol. The second-order valence-electron chi connectivity index (χ2n) is 8.37. The van der Waals surface area contributed by atoms with Gasteiger partial charge in [0, 0.05) is 18.1 Å². The van der Waals surface area contributed by atoms with Gasteiger partial charge >= 0.3 is 5.97 Å². The predicted octanol–water partition coefficient (Wildman–Crippen LogP) is 6.63. The number of carbonyl (C=O) groups excluding carboxylic acids is 1. The maximum Gasteiger partial charge on any atom is 0.333 e. The molecule has 1 N–H and O–H groups in total. The fourth-order valence-corrected chi connectivity index (χ4v) is 3.32. The van der Waals surface area contributed by atoms with Crippen LogP contribution in [0.2, 0.25) is 0 Å². The largest absolute Gasteiger partial charge is 0.462 e.